The van der Waals surface area contributed by atoms with Gasteiger partial charge in [-0.15, -0.1) is 0 Å². The van der Waals surface area contributed by atoms with Gasteiger partial charge in [0.05, 0.1) is 18.7 Å². The Morgan fingerprint density at radius 1 is 1.57 bits per heavy atom. The molecule has 0 aliphatic rings. The molecule has 3 nitrogen and oxygen atoms in total. The van der Waals surface area contributed by atoms with E-state index in [4.69, 9.17) is 21.6 Å². The van der Waals surface area contributed by atoms with E-state index in [9.17, 15) is 4.79 Å². The van der Waals surface area contributed by atoms with Gasteiger partial charge in [0.15, 0.2) is 0 Å². The Labute approximate surface area is 86.9 Å². The molecule has 0 radical (unpaired) electrons. The standard InChI is InChI=1S/C10H8ClNO2/c1-6-8(10(11)13)3-7(5-12)4-9(6)14-2/h3-4H,1-2H3. The highest BCUT2D eigenvalue weighted by molar-refractivity contribution is 6.68. The van der Waals surface area contributed by atoms with Gasteiger partial charge >= 0.3 is 0 Å². The lowest BCUT2D eigenvalue weighted by Gasteiger charge is -2.07. The van der Waals surface area contributed by atoms with Gasteiger partial charge in [-0.1, -0.05) is 0 Å². The molecule has 0 aliphatic carbocycles. The van der Waals surface area contributed by atoms with Gasteiger partial charge in [0.25, 0.3) is 5.24 Å². The second-order valence-electron chi connectivity index (χ2n) is 2.74. The smallest absolute Gasteiger partial charge is 0.252 e. The fraction of sp³-hybridized carbons (Fsp3) is 0.200. The molecule has 0 heterocycles. The molecule has 0 amide bonds. The van der Waals surface area contributed by atoms with E-state index >= 15 is 0 Å². The van der Waals surface area contributed by atoms with Crippen molar-refractivity contribution in [3.63, 3.8) is 0 Å². The van der Waals surface area contributed by atoms with Crippen LogP contribution in [0.5, 0.6) is 5.75 Å². The van der Waals surface area contributed by atoms with E-state index in [0.29, 0.717) is 22.4 Å². The Balaban J connectivity index is 3.44. The van der Waals surface area contributed by atoms with Crippen LogP contribution in [0.2, 0.25) is 0 Å². The molecule has 0 spiro atoms. The number of carbonyl (C=O) groups is 1. The fourth-order valence-corrected chi connectivity index (χ4v) is 1.36. The van der Waals surface area contributed by atoms with E-state index < -0.39 is 5.24 Å². The number of nitrogens with zero attached hydrogens (tertiary/aromatic N) is 1. The lowest BCUT2D eigenvalue weighted by molar-refractivity contribution is 0.108. The predicted molar refractivity (Wildman–Crippen MR) is 52.6 cm³/mol. The first-order valence-electron chi connectivity index (χ1n) is 3.88. The highest BCUT2D eigenvalue weighted by Crippen LogP contribution is 2.24. The normalized spacial score (nSPS) is 9.29. The summed E-state index contributed by atoms with van der Waals surface area (Å²) in [5, 5.41) is 8.11. The summed E-state index contributed by atoms with van der Waals surface area (Å²) in [4.78, 5) is 11.0. The Bertz CT molecular complexity index is 421. The molecule has 0 bridgehead atoms. The lowest BCUT2D eigenvalue weighted by Crippen LogP contribution is -1.98. The molecule has 0 atom stereocenters. The van der Waals surface area contributed by atoms with Gasteiger partial charge < -0.3 is 4.74 Å². The van der Waals surface area contributed by atoms with Gasteiger partial charge in [-0.3, -0.25) is 4.79 Å². The number of nitriles is 1. The van der Waals surface area contributed by atoms with Crippen molar-refractivity contribution in [3.05, 3.63) is 28.8 Å². The zero-order valence-electron chi connectivity index (χ0n) is 7.80. The first-order chi connectivity index (χ1) is 6.60. The number of carbonyl (C=O) groups excluding carboxylic acids is 1. The van der Waals surface area contributed by atoms with E-state index in [1.807, 2.05) is 6.07 Å². The van der Waals surface area contributed by atoms with Crippen LogP contribution in [0.1, 0.15) is 21.5 Å². The highest BCUT2D eigenvalue weighted by Gasteiger charge is 2.12. The number of rotatable bonds is 2. The Morgan fingerprint density at radius 3 is 2.64 bits per heavy atom. The summed E-state index contributed by atoms with van der Waals surface area (Å²) in [6.45, 7) is 1.72. The summed E-state index contributed by atoms with van der Waals surface area (Å²) < 4.78 is 5.02. The molecule has 0 fully saturated rings. The summed E-state index contributed by atoms with van der Waals surface area (Å²) in [5.74, 6) is 0.494. The molecule has 1 aromatic carbocycles. The van der Waals surface area contributed by atoms with Crippen LogP contribution in [0, 0.1) is 18.3 Å². The zero-order chi connectivity index (χ0) is 10.7. The first-order valence-corrected chi connectivity index (χ1v) is 4.26. The van der Waals surface area contributed by atoms with Crippen LogP contribution in [0.15, 0.2) is 12.1 Å². The van der Waals surface area contributed by atoms with Crippen molar-refractivity contribution in [2.75, 3.05) is 7.11 Å². The summed E-state index contributed by atoms with van der Waals surface area (Å²) >= 11 is 5.36. The molecule has 0 unspecified atom stereocenters. The number of ether oxygens (including phenoxy) is 1. The molecule has 0 aromatic heterocycles. The maximum absolute atomic E-state index is 11.0. The van der Waals surface area contributed by atoms with Crippen molar-refractivity contribution in [2.24, 2.45) is 0 Å². The van der Waals surface area contributed by atoms with Crippen LogP contribution in [0.25, 0.3) is 0 Å². The van der Waals surface area contributed by atoms with Crippen molar-refractivity contribution in [2.45, 2.75) is 6.92 Å². The van der Waals surface area contributed by atoms with Crippen molar-refractivity contribution < 1.29 is 9.53 Å². The van der Waals surface area contributed by atoms with Crippen LogP contribution in [-0.2, 0) is 0 Å². The molecule has 1 rings (SSSR count). The third-order valence-electron chi connectivity index (χ3n) is 1.92. The molecule has 0 saturated heterocycles. The molecule has 4 heteroatoms. The number of hydrogen-bond acceptors (Lipinski definition) is 3. The van der Waals surface area contributed by atoms with E-state index in [0.717, 1.165) is 0 Å². The minimum atomic E-state index is -0.585. The van der Waals surface area contributed by atoms with Crippen LogP contribution in [-0.4, -0.2) is 12.4 Å². The maximum Gasteiger partial charge on any atom is 0.252 e. The average Bonchev–Trinajstić information content (AvgIpc) is 2.17. The van der Waals surface area contributed by atoms with Crippen molar-refractivity contribution >= 4 is 16.8 Å². The second kappa shape index (κ2) is 4.12. The summed E-state index contributed by atoms with van der Waals surface area (Å²) in [6.07, 6.45) is 0. The quantitative estimate of drug-likeness (QED) is 0.702. The molecule has 14 heavy (non-hydrogen) atoms. The van der Waals surface area contributed by atoms with E-state index in [2.05, 4.69) is 0 Å². The fourth-order valence-electron chi connectivity index (χ4n) is 1.17. The van der Waals surface area contributed by atoms with Gasteiger partial charge in [0.2, 0.25) is 0 Å². The van der Waals surface area contributed by atoms with Crippen molar-refractivity contribution in [3.8, 4) is 11.8 Å². The largest absolute Gasteiger partial charge is 0.496 e. The van der Waals surface area contributed by atoms with Gasteiger partial charge in [0.1, 0.15) is 5.75 Å². The molecule has 0 saturated carbocycles. The third-order valence-corrected chi connectivity index (χ3v) is 2.12. The minimum absolute atomic E-state index is 0.308. The van der Waals surface area contributed by atoms with Crippen LogP contribution >= 0.6 is 11.6 Å². The first kappa shape index (κ1) is 10.6. The lowest BCUT2D eigenvalue weighted by atomic mass is 10.1. The van der Waals surface area contributed by atoms with Gasteiger partial charge in [-0.05, 0) is 30.7 Å². The van der Waals surface area contributed by atoms with E-state index in [-0.39, 0.29) is 0 Å². The second-order valence-corrected chi connectivity index (χ2v) is 3.08. The molecule has 72 valence electrons. The van der Waals surface area contributed by atoms with Crippen molar-refractivity contribution in [1.82, 2.24) is 0 Å². The van der Waals surface area contributed by atoms with Crippen molar-refractivity contribution in [1.29, 1.82) is 5.26 Å². The Kier molecular flexibility index (Phi) is 3.10. The Hall–Kier alpha value is -1.53. The van der Waals surface area contributed by atoms with Crippen LogP contribution < -0.4 is 4.74 Å². The summed E-state index contributed by atoms with van der Waals surface area (Å²) in [6, 6.07) is 4.95. The van der Waals surface area contributed by atoms with Gasteiger partial charge in [-0.25, -0.2) is 0 Å². The average molecular weight is 210 g/mol. The van der Waals surface area contributed by atoms with Gasteiger partial charge in [-0.2, -0.15) is 5.26 Å². The monoisotopic (exact) mass is 209 g/mol. The molecule has 0 aliphatic heterocycles. The van der Waals surface area contributed by atoms with E-state index in [1.54, 1.807) is 13.0 Å². The molecule has 1 aromatic rings. The summed E-state index contributed by atoms with van der Waals surface area (Å²) in [7, 11) is 1.48. The number of benzene rings is 1. The number of halogens is 1. The molecular formula is C10H8ClNO2. The Morgan fingerprint density at radius 2 is 2.21 bits per heavy atom. The summed E-state index contributed by atoms with van der Waals surface area (Å²) in [5.41, 5.74) is 1.31. The highest BCUT2D eigenvalue weighted by atomic mass is 35.5. The zero-order valence-corrected chi connectivity index (χ0v) is 8.55. The molecular weight excluding hydrogens is 202 g/mol. The SMILES string of the molecule is COc1cc(C#N)cc(C(=O)Cl)c1C. The third kappa shape index (κ3) is 1.86. The van der Waals surface area contributed by atoms with Gasteiger partial charge in [0, 0.05) is 11.1 Å². The minimum Gasteiger partial charge on any atom is -0.496 e. The van der Waals surface area contributed by atoms with Crippen LogP contribution in [0.4, 0.5) is 0 Å². The number of hydrogen-bond donors (Lipinski definition) is 0. The molecule has 0 N–H and O–H groups in total. The topological polar surface area (TPSA) is 50.1 Å². The predicted octanol–water partition coefficient (Wildman–Crippen LogP) is 2.25. The number of methoxy groups -OCH3 is 1. The van der Waals surface area contributed by atoms with Crippen LogP contribution in [0.3, 0.4) is 0 Å². The maximum atomic E-state index is 11.0. The van der Waals surface area contributed by atoms with E-state index in [1.165, 1.54) is 13.2 Å².